The second-order valence-corrected chi connectivity index (χ2v) is 12.2. The summed E-state index contributed by atoms with van der Waals surface area (Å²) in [7, 11) is -9.01. The van der Waals surface area contributed by atoms with Crippen LogP contribution < -0.4 is 9.47 Å². The van der Waals surface area contributed by atoms with Gasteiger partial charge in [0.1, 0.15) is 6.10 Å². The van der Waals surface area contributed by atoms with Crippen molar-refractivity contribution in [1.82, 2.24) is 4.98 Å². The van der Waals surface area contributed by atoms with Gasteiger partial charge in [-0.25, -0.2) is 4.79 Å². The highest BCUT2D eigenvalue weighted by Crippen LogP contribution is 2.79. The Morgan fingerprint density at radius 3 is 2.44 bits per heavy atom. The zero-order valence-corrected chi connectivity index (χ0v) is 19.8. The maximum atomic E-state index is 12.9. The van der Waals surface area contributed by atoms with Crippen molar-refractivity contribution in [3.8, 4) is 11.5 Å². The predicted molar refractivity (Wildman–Crippen MR) is 115 cm³/mol. The Labute approximate surface area is 194 Å². The first-order chi connectivity index (χ1) is 16.0. The van der Waals surface area contributed by atoms with Crippen molar-refractivity contribution in [3.63, 3.8) is 0 Å². The zero-order valence-electron chi connectivity index (χ0n) is 18.0. The van der Waals surface area contributed by atoms with Crippen molar-refractivity contribution in [2.24, 2.45) is 0 Å². The van der Waals surface area contributed by atoms with Crippen LogP contribution in [0.15, 0.2) is 42.7 Å². The van der Waals surface area contributed by atoms with Gasteiger partial charge in [0.25, 0.3) is 5.08 Å². The highest BCUT2D eigenvalue weighted by molar-refractivity contribution is 7.73. The van der Waals surface area contributed by atoms with Crippen LogP contribution in [0, 0.1) is 0 Å². The molecule has 3 N–H and O–H groups in total. The maximum Gasteiger partial charge on any atom is 0.514 e. The van der Waals surface area contributed by atoms with Crippen LogP contribution in [0.3, 0.4) is 0 Å². The topological polar surface area (TPSA) is 171 Å². The molecule has 12 nitrogen and oxygen atoms in total. The number of carbonyl (C=O) groups excluding carboxylic acids is 1. The predicted octanol–water partition coefficient (Wildman–Crippen LogP) is 3.46. The number of aliphatic hydroxyl groups is 1. The van der Waals surface area contributed by atoms with E-state index in [1.54, 1.807) is 0 Å². The molecular formula is C20H23NO11P2. The number of hydrogen-bond acceptors (Lipinski definition) is 10. The monoisotopic (exact) mass is 515 g/mol. The van der Waals surface area contributed by atoms with E-state index in [0.29, 0.717) is 0 Å². The van der Waals surface area contributed by atoms with Crippen LogP contribution in [-0.2, 0) is 29.3 Å². The third kappa shape index (κ3) is 4.76. The zero-order chi connectivity index (χ0) is 24.6. The fourth-order valence-electron chi connectivity index (χ4n) is 3.36. The average Bonchev–Trinajstić information content (AvgIpc) is 2.75. The fraction of sp³-hybridized carbons (Fsp3) is 0.400. The molecule has 2 heterocycles. The summed E-state index contributed by atoms with van der Waals surface area (Å²) >= 11 is 0. The molecule has 1 aromatic heterocycles. The van der Waals surface area contributed by atoms with Gasteiger partial charge < -0.3 is 29.1 Å². The number of benzene rings is 1. The van der Waals surface area contributed by atoms with E-state index in [2.05, 4.69) is 4.98 Å². The number of aromatic nitrogens is 1. The smallest absolute Gasteiger partial charge is 0.493 e. The van der Waals surface area contributed by atoms with E-state index in [4.69, 9.17) is 23.3 Å². The van der Waals surface area contributed by atoms with E-state index in [1.807, 2.05) is 0 Å². The number of rotatable bonds is 6. The van der Waals surface area contributed by atoms with Crippen molar-refractivity contribution in [3.05, 3.63) is 53.9 Å². The number of nitrogens with zero attached hydrogens (tertiary/aromatic N) is 1. The lowest BCUT2D eigenvalue weighted by Crippen LogP contribution is -2.37. The van der Waals surface area contributed by atoms with Gasteiger partial charge in [-0.1, -0.05) is 6.07 Å². The second kappa shape index (κ2) is 9.39. The number of methoxy groups -OCH3 is 1. The highest BCUT2D eigenvalue weighted by atomic mass is 31.2. The summed E-state index contributed by atoms with van der Waals surface area (Å²) in [6, 6.07) is 6.75. The van der Waals surface area contributed by atoms with Crippen molar-refractivity contribution < 1.29 is 52.1 Å². The van der Waals surface area contributed by atoms with E-state index in [-0.39, 0.29) is 28.7 Å². The molecule has 2 aromatic rings. The molecular weight excluding hydrogens is 492 g/mol. The van der Waals surface area contributed by atoms with Crippen LogP contribution in [0.2, 0.25) is 0 Å². The summed E-state index contributed by atoms with van der Waals surface area (Å²) in [6.45, 7) is 0. The Bertz CT molecular complexity index is 1130. The number of ether oxygens (including phenoxy) is 3. The van der Waals surface area contributed by atoms with Gasteiger partial charge in [-0.15, -0.1) is 0 Å². The second-order valence-electron chi connectivity index (χ2n) is 7.83. The summed E-state index contributed by atoms with van der Waals surface area (Å²) in [6.07, 6.45) is 1.57. The molecule has 1 aromatic carbocycles. The van der Waals surface area contributed by atoms with Gasteiger partial charge in [-0.3, -0.25) is 23.2 Å². The molecule has 2 aliphatic rings. The molecule has 2 atom stereocenters. The molecule has 1 aliphatic heterocycles. The molecule has 2 fully saturated rings. The van der Waals surface area contributed by atoms with Crippen molar-refractivity contribution in [1.29, 1.82) is 0 Å². The van der Waals surface area contributed by atoms with E-state index in [0.717, 1.165) is 19.3 Å². The minimum Gasteiger partial charge on any atom is -0.493 e. The number of pyridine rings is 1. The summed E-state index contributed by atoms with van der Waals surface area (Å²) in [5.74, 6) is -0.00849. The van der Waals surface area contributed by atoms with Crippen molar-refractivity contribution >= 4 is 21.3 Å². The molecule has 184 valence electrons. The van der Waals surface area contributed by atoms with Gasteiger partial charge in [-0.2, -0.15) is 0 Å². The van der Waals surface area contributed by atoms with Gasteiger partial charge in [0.2, 0.25) is 6.29 Å². The largest absolute Gasteiger partial charge is 0.514 e. The van der Waals surface area contributed by atoms with Gasteiger partial charge >= 0.3 is 21.3 Å². The van der Waals surface area contributed by atoms with Crippen LogP contribution in [0.1, 0.15) is 36.7 Å². The Morgan fingerprint density at radius 2 is 1.88 bits per heavy atom. The first-order valence-electron chi connectivity index (χ1n) is 10.2. The van der Waals surface area contributed by atoms with E-state index < -0.39 is 39.1 Å². The molecule has 1 saturated carbocycles. The quantitative estimate of drug-likeness (QED) is 0.291. The first kappa shape index (κ1) is 24.8. The third-order valence-electron chi connectivity index (χ3n) is 5.51. The first-order valence-corrected chi connectivity index (χ1v) is 13.4. The van der Waals surface area contributed by atoms with Crippen LogP contribution in [0.5, 0.6) is 11.5 Å². The summed E-state index contributed by atoms with van der Waals surface area (Å²) < 4.78 is 51.5. The third-order valence-corrected chi connectivity index (χ3v) is 10.1. The van der Waals surface area contributed by atoms with Crippen LogP contribution in [0.25, 0.3) is 0 Å². The summed E-state index contributed by atoms with van der Waals surface area (Å²) in [5.41, 5.74) is 0.222. The Kier molecular flexibility index (Phi) is 6.85. The SMILES string of the molecule is COc1cc(C2OP(=O)(O)C(O)(Cc3cccnc3)P(=O)(O)O2)ccc1OC(=O)OC1CCC1. The van der Waals surface area contributed by atoms with Crippen LogP contribution in [-0.4, -0.2) is 44.3 Å². The highest BCUT2D eigenvalue weighted by Gasteiger charge is 2.67. The molecule has 4 rings (SSSR count). The fourth-order valence-corrected chi connectivity index (χ4v) is 6.94. The molecule has 0 bridgehead atoms. The number of hydrogen-bond donors (Lipinski definition) is 3. The van der Waals surface area contributed by atoms with Crippen molar-refractivity contribution in [2.45, 2.75) is 43.2 Å². The Balaban J connectivity index is 1.55. The van der Waals surface area contributed by atoms with Gasteiger partial charge in [0.15, 0.2) is 11.5 Å². The van der Waals surface area contributed by atoms with E-state index >= 15 is 0 Å². The minimum absolute atomic E-state index is 0.00328. The minimum atomic E-state index is -5.14. The van der Waals surface area contributed by atoms with Gasteiger partial charge in [0, 0.05) is 24.4 Å². The Morgan fingerprint density at radius 1 is 1.18 bits per heavy atom. The van der Waals surface area contributed by atoms with Crippen LogP contribution in [0.4, 0.5) is 4.79 Å². The number of carbonyl (C=O) groups is 1. The molecule has 1 aliphatic carbocycles. The van der Waals surface area contributed by atoms with E-state index in [9.17, 15) is 28.8 Å². The maximum absolute atomic E-state index is 12.9. The lowest BCUT2D eigenvalue weighted by Gasteiger charge is -2.41. The molecule has 34 heavy (non-hydrogen) atoms. The average molecular weight is 515 g/mol. The normalized spacial score (nSPS) is 31.4. The van der Waals surface area contributed by atoms with Crippen molar-refractivity contribution in [2.75, 3.05) is 7.11 Å². The lowest BCUT2D eigenvalue weighted by atomic mass is 9.96. The van der Waals surface area contributed by atoms with Crippen LogP contribution >= 0.6 is 15.2 Å². The Hall–Kier alpha value is -2.30. The lowest BCUT2D eigenvalue weighted by molar-refractivity contribution is -0.0580. The molecule has 2 unspecified atom stereocenters. The molecule has 1 saturated heterocycles. The molecule has 0 amide bonds. The molecule has 14 heteroatoms. The van der Waals surface area contributed by atoms with Gasteiger partial charge in [-0.05, 0) is 49.1 Å². The molecule has 0 spiro atoms. The summed E-state index contributed by atoms with van der Waals surface area (Å²) in [4.78, 5) is 36.7. The standard InChI is InChI=1S/C20H23NO11P2/c1-28-17-10-14(7-8-16(17)30-19(22)29-15-5-2-6-15)18-31-33(24,25)20(23,34(26,27)32-18)11-13-4-3-9-21-12-13/h3-4,7-10,12,15,18,23H,2,5-6,11H2,1H3,(H,24,25)(H,26,27). The van der Waals surface area contributed by atoms with E-state index in [1.165, 1.54) is 49.8 Å². The molecule has 0 radical (unpaired) electrons. The summed E-state index contributed by atoms with van der Waals surface area (Å²) in [5, 5.41) is 7.67. The van der Waals surface area contributed by atoms with Gasteiger partial charge in [0.05, 0.1) is 7.11 Å².